The van der Waals surface area contributed by atoms with E-state index in [-0.39, 0.29) is 40.8 Å². The molecule has 0 radical (unpaired) electrons. The van der Waals surface area contributed by atoms with E-state index >= 15 is 0 Å². The Bertz CT molecular complexity index is 1390. The first-order chi connectivity index (χ1) is 23.1. The molecule has 2 spiro atoms. The van der Waals surface area contributed by atoms with Crippen molar-refractivity contribution < 1.29 is 29.2 Å². The summed E-state index contributed by atoms with van der Waals surface area (Å²) in [5.41, 5.74) is -0.545. The lowest BCUT2D eigenvalue weighted by Gasteiger charge is -2.64. The summed E-state index contributed by atoms with van der Waals surface area (Å²) >= 11 is 0. The van der Waals surface area contributed by atoms with Gasteiger partial charge in [0.2, 0.25) is 0 Å². The van der Waals surface area contributed by atoms with Crippen molar-refractivity contribution in [2.45, 2.75) is 149 Å². The molecular formula is C41H64N2O6. The Morgan fingerprint density at radius 2 is 1.82 bits per heavy atom. The summed E-state index contributed by atoms with van der Waals surface area (Å²) in [6.45, 7) is 20.7. The van der Waals surface area contributed by atoms with Crippen LogP contribution in [0.5, 0.6) is 0 Å². The highest BCUT2D eigenvalue weighted by atomic mass is 16.7. The number of morpholine rings is 1. The van der Waals surface area contributed by atoms with Crippen molar-refractivity contribution in [3.05, 3.63) is 24.4 Å². The summed E-state index contributed by atoms with van der Waals surface area (Å²) < 4.78 is 26.3. The highest BCUT2D eigenvalue weighted by molar-refractivity contribution is 5.38. The van der Waals surface area contributed by atoms with Gasteiger partial charge in [0.05, 0.1) is 43.2 Å². The molecule has 2 aliphatic heterocycles. The molecule has 0 bridgehead atoms. The van der Waals surface area contributed by atoms with E-state index in [0.29, 0.717) is 54.3 Å². The second-order valence-electron chi connectivity index (χ2n) is 19.1. The van der Waals surface area contributed by atoms with Crippen LogP contribution >= 0.6 is 0 Å². The van der Waals surface area contributed by atoms with Crippen LogP contribution in [0, 0.1) is 50.7 Å². The van der Waals surface area contributed by atoms with Gasteiger partial charge in [-0.15, -0.1) is 0 Å². The molecule has 2 saturated heterocycles. The van der Waals surface area contributed by atoms with E-state index in [1.165, 1.54) is 32.1 Å². The van der Waals surface area contributed by atoms with Gasteiger partial charge in [-0.25, -0.2) is 4.98 Å². The number of fused-ring (bicyclic) bond motifs is 4. The van der Waals surface area contributed by atoms with Crippen LogP contribution in [-0.4, -0.2) is 83.9 Å². The minimum Gasteiger partial charge on any atom is -0.390 e. The average molecular weight is 681 g/mol. The first-order valence-electron chi connectivity index (χ1n) is 19.7. The molecule has 5 saturated carbocycles. The fourth-order valence-corrected chi connectivity index (χ4v) is 14.3. The molecule has 8 rings (SSSR count). The predicted molar refractivity (Wildman–Crippen MR) is 189 cm³/mol. The van der Waals surface area contributed by atoms with Gasteiger partial charge in [-0.1, -0.05) is 40.7 Å². The molecule has 1 aromatic rings. The third kappa shape index (κ3) is 4.78. The lowest BCUT2D eigenvalue weighted by molar-refractivity contribution is -0.234. The summed E-state index contributed by atoms with van der Waals surface area (Å²) in [4.78, 5) is 6.88. The maximum atomic E-state index is 12.6. The molecule has 14 atom stereocenters. The molecule has 7 fully saturated rings. The largest absolute Gasteiger partial charge is 0.390 e. The lowest BCUT2D eigenvalue weighted by atomic mass is 9.41. The molecule has 8 nitrogen and oxygen atoms in total. The van der Waals surface area contributed by atoms with Gasteiger partial charge < -0.3 is 34.1 Å². The molecule has 0 amide bonds. The zero-order valence-corrected chi connectivity index (χ0v) is 31.5. The number of pyridine rings is 1. The topological polar surface area (TPSA) is 93.5 Å². The van der Waals surface area contributed by atoms with Gasteiger partial charge >= 0.3 is 0 Å². The van der Waals surface area contributed by atoms with Crippen molar-refractivity contribution in [2.75, 3.05) is 31.2 Å². The van der Waals surface area contributed by atoms with E-state index in [1.807, 2.05) is 39.1 Å². The molecule has 5 aliphatic carbocycles. The monoisotopic (exact) mass is 680 g/mol. The Hall–Kier alpha value is -1.29. The molecule has 1 aromatic heterocycles. The number of rotatable bonds is 7. The summed E-state index contributed by atoms with van der Waals surface area (Å²) in [7, 11) is 0. The third-order valence-corrected chi connectivity index (χ3v) is 16.5. The van der Waals surface area contributed by atoms with E-state index in [4.69, 9.17) is 18.9 Å². The van der Waals surface area contributed by atoms with Crippen LogP contribution in [0.25, 0.3) is 0 Å². The van der Waals surface area contributed by atoms with Gasteiger partial charge in [-0.2, -0.15) is 0 Å². The van der Waals surface area contributed by atoms with Gasteiger partial charge in [-0.05, 0) is 130 Å². The fraction of sp³-hybridized carbons (Fsp3) is 0.878. The van der Waals surface area contributed by atoms with Crippen LogP contribution < -0.4 is 4.90 Å². The average Bonchev–Trinajstić information content (AvgIpc) is 3.69. The Morgan fingerprint density at radius 3 is 2.53 bits per heavy atom. The molecule has 49 heavy (non-hydrogen) atoms. The van der Waals surface area contributed by atoms with E-state index in [1.54, 1.807) is 0 Å². The maximum Gasteiger partial charge on any atom is 0.175 e. The Kier molecular flexibility index (Phi) is 8.24. The maximum absolute atomic E-state index is 12.6. The van der Waals surface area contributed by atoms with Crippen molar-refractivity contribution in [1.82, 2.24) is 4.98 Å². The van der Waals surface area contributed by atoms with Crippen molar-refractivity contribution in [3.8, 4) is 0 Å². The van der Waals surface area contributed by atoms with Gasteiger partial charge in [0, 0.05) is 24.8 Å². The van der Waals surface area contributed by atoms with Crippen LogP contribution in [0.4, 0.5) is 5.82 Å². The smallest absolute Gasteiger partial charge is 0.175 e. The lowest BCUT2D eigenvalue weighted by Crippen LogP contribution is -2.60. The Labute approximate surface area is 295 Å². The third-order valence-electron chi connectivity index (χ3n) is 16.5. The first-order valence-corrected chi connectivity index (χ1v) is 19.7. The number of anilines is 1. The number of aliphatic hydroxyl groups excluding tert-OH is 1. The van der Waals surface area contributed by atoms with Crippen LogP contribution in [0.15, 0.2) is 24.4 Å². The van der Waals surface area contributed by atoms with Crippen LogP contribution in [0.3, 0.4) is 0 Å². The quantitative estimate of drug-likeness (QED) is 0.332. The van der Waals surface area contributed by atoms with E-state index < -0.39 is 17.8 Å². The normalized spacial score (nSPS) is 49.2. The second kappa shape index (κ2) is 11.6. The number of hydrogen-bond acceptors (Lipinski definition) is 8. The summed E-state index contributed by atoms with van der Waals surface area (Å²) in [5.74, 6) is 2.78. The van der Waals surface area contributed by atoms with Gasteiger partial charge in [0.1, 0.15) is 11.9 Å². The molecule has 2 N–H and O–H groups in total. The first kappa shape index (κ1) is 34.8. The summed E-state index contributed by atoms with van der Waals surface area (Å²) in [6, 6.07) is 6.09. The highest BCUT2D eigenvalue weighted by Gasteiger charge is 2.84. The number of aliphatic hydroxyl groups is 2. The van der Waals surface area contributed by atoms with Crippen molar-refractivity contribution in [3.63, 3.8) is 0 Å². The van der Waals surface area contributed by atoms with Gasteiger partial charge in [0.25, 0.3) is 0 Å². The standard InChI is InChI=1S/C41H64N2O6/c1-9-46-35(37(5,6)45)26-22-25(2)32-33(48-26)34(44)39(8)28-14-13-27-36(3,4)29(15-16-40(27)24-41(28,40)18-17-38(32,39)7)49-31-23-43(20-21-47-31)30-12-10-11-19-42-30/h10-12,19,25-29,31-35,44-45H,9,13-18,20-24H2,1-8H3/t25-,26?,27+,28?,29+,31+,32+,33?,34+,35+,38-,39-,40?,41+/m1/s1. The fourth-order valence-electron chi connectivity index (χ4n) is 14.3. The van der Waals surface area contributed by atoms with Gasteiger partial charge in [-0.3, -0.25) is 0 Å². The minimum atomic E-state index is -1.02. The second-order valence-corrected chi connectivity index (χ2v) is 19.1. The number of ether oxygens (including phenoxy) is 4. The molecule has 8 heteroatoms. The summed E-state index contributed by atoms with van der Waals surface area (Å²) in [6.07, 6.45) is 9.63. The van der Waals surface area contributed by atoms with E-state index in [2.05, 4.69) is 50.6 Å². The number of aromatic nitrogens is 1. The van der Waals surface area contributed by atoms with Gasteiger partial charge in [0.15, 0.2) is 6.29 Å². The van der Waals surface area contributed by atoms with Crippen LogP contribution in [-0.2, 0) is 18.9 Å². The molecule has 7 aliphatic rings. The molecule has 3 heterocycles. The van der Waals surface area contributed by atoms with Crippen LogP contribution in [0.2, 0.25) is 0 Å². The molecule has 0 aromatic carbocycles. The Balaban J connectivity index is 1.02. The molecule has 274 valence electrons. The van der Waals surface area contributed by atoms with Crippen molar-refractivity contribution >= 4 is 5.82 Å². The van der Waals surface area contributed by atoms with Crippen molar-refractivity contribution in [1.29, 1.82) is 0 Å². The van der Waals surface area contributed by atoms with E-state index in [0.717, 1.165) is 31.6 Å². The SMILES string of the molecule is CCO[C@@H](C1C[C@@H](C)[C@H]2C(O1)[C@H](O)[C@@]1(C)C3CC[C@H]4C(C)(C)[C@@H](O[C@H]5CN(c6ccccn6)CCO5)CCC45C[C@@]35CC[C@]21C)C(C)(C)O. The highest BCUT2D eigenvalue weighted by Crippen LogP contribution is 2.89. The Morgan fingerprint density at radius 1 is 1.06 bits per heavy atom. The summed E-state index contributed by atoms with van der Waals surface area (Å²) in [5, 5.41) is 23.7. The minimum absolute atomic E-state index is 0.0114. The number of nitrogens with zero attached hydrogens (tertiary/aromatic N) is 2. The zero-order valence-electron chi connectivity index (χ0n) is 31.5. The predicted octanol–water partition coefficient (Wildman–Crippen LogP) is 6.62. The van der Waals surface area contributed by atoms with Crippen molar-refractivity contribution in [2.24, 2.45) is 50.7 Å². The zero-order chi connectivity index (χ0) is 34.8. The molecular weight excluding hydrogens is 616 g/mol. The number of hydrogen-bond donors (Lipinski definition) is 2. The van der Waals surface area contributed by atoms with E-state index in [9.17, 15) is 10.2 Å². The van der Waals surface area contributed by atoms with Crippen LogP contribution in [0.1, 0.15) is 107 Å². The molecule has 4 unspecified atom stereocenters.